The second kappa shape index (κ2) is 14.9. The van der Waals surface area contributed by atoms with Crippen molar-refractivity contribution in [2.24, 2.45) is 5.92 Å². The van der Waals surface area contributed by atoms with Crippen LogP contribution >= 0.6 is 0 Å². The largest absolute Gasteiger partial charge is 0.481 e. The number of hydrogen-bond acceptors (Lipinski definition) is 10. The molecule has 2 aliphatic carbocycles. The average molecular weight is 712 g/mol. The number of benzene rings is 4. The lowest BCUT2D eigenvalue weighted by molar-refractivity contribution is -0.152. The Balaban J connectivity index is 0.000000147. The zero-order valence-electron chi connectivity index (χ0n) is 29.8. The zero-order chi connectivity index (χ0) is 37.1. The third kappa shape index (κ3) is 7.10. The first-order valence-electron chi connectivity index (χ1n) is 17.6. The molecule has 2 bridgehead atoms. The van der Waals surface area contributed by atoms with E-state index in [0.717, 1.165) is 35.7 Å². The summed E-state index contributed by atoms with van der Waals surface area (Å²) < 4.78 is 22.8. The number of ether oxygens (including phenoxy) is 4. The highest BCUT2D eigenvalue weighted by Gasteiger charge is 2.65. The van der Waals surface area contributed by atoms with Crippen LogP contribution in [0.2, 0.25) is 0 Å². The Morgan fingerprint density at radius 1 is 0.849 bits per heavy atom. The van der Waals surface area contributed by atoms with Crippen molar-refractivity contribution in [3.63, 3.8) is 0 Å². The van der Waals surface area contributed by atoms with E-state index >= 15 is 0 Å². The van der Waals surface area contributed by atoms with E-state index in [0.29, 0.717) is 34.5 Å². The summed E-state index contributed by atoms with van der Waals surface area (Å²) in [6, 6.07) is 30.2. The number of rotatable bonds is 4. The van der Waals surface area contributed by atoms with E-state index in [2.05, 4.69) is 29.1 Å². The van der Waals surface area contributed by atoms with Gasteiger partial charge in [0.15, 0.2) is 17.6 Å². The Bertz CT molecular complexity index is 2160. The molecule has 4 aliphatic rings. The van der Waals surface area contributed by atoms with Crippen molar-refractivity contribution < 1.29 is 33.3 Å². The van der Waals surface area contributed by atoms with Gasteiger partial charge in [0, 0.05) is 60.9 Å². The molecule has 9 rings (SSSR count). The van der Waals surface area contributed by atoms with E-state index in [9.17, 15) is 14.4 Å². The number of nitrogen functional groups attached to an aromatic ring is 1. The van der Waals surface area contributed by atoms with Gasteiger partial charge in [0.1, 0.15) is 11.9 Å². The molecule has 2 N–H and O–H groups in total. The first-order chi connectivity index (χ1) is 25.6. The first-order valence-corrected chi connectivity index (χ1v) is 17.6. The molecule has 2 aliphatic heterocycles. The maximum Gasteiger partial charge on any atom is 0.343 e. The van der Waals surface area contributed by atoms with E-state index in [1.807, 2.05) is 66.7 Å². The predicted molar refractivity (Wildman–Crippen MR) is 201 cm³/mol. The van der Waals surface area contributed by atoms with Gasteiger partial charge in [-0.2, -0.15) is 0 Å². The van der Waals surface area contributed by atoms with Crippen LogP contribution in [-0.4, -0.2) is 59.6 Å². The minimum atomic E-state index is -0.439. The summed E-state index contributed by atoms with van der Waals surface area (Å²) in [5, 5.41) is 2.10. The number of likely N-dealkylation sites (tertiary alicyclic amines) is 1. The van der Waals surface area contributed by atoms with Gasteiger partial charge in [0.05, 0.1) is 5.56 Å². The highest BCUT2D eigenvalue weighted by Crippen LogP contribution is 2.62. The summed E-state index contributed by atoms with van der Waals surface area (Å²) in [6.45, 7) is 3.77. The SMILES string of the molecule is CC(=O)Oc1ccc2c3c1O[C@H]1[C@@H](OC(C)=O)C=C[C@H]4[C@@H](C2)N(C)CC[C@@]341.Nc1cccc(OC(=O)c2ccc3ccccc3c2)c1.c1ccncc1. The van der Waals surface area contributed by atoms with Crippen molar-refractivity contribution in [3.8, 4) is 17.2 Å². The minimum absolute atomic E-state index is 0.245. The number of pyridine rings is 1. The number of aromatic nitrogens is 1. The molecule has 5 atom stereocenters. The van der Waals surface area contributed by atoms with Gasteiger partial charge in [-0.25, -0.2) is 4.79 Å². The third-order valence-electron chi connectivity index (χ3n) is 10.3. The number of hydrogen-bond donors (Lipinski definition) is 1. The summed E-state index contributed by atoms with van der Waals surface area (Å²) in [7, 11) is 2.17. The second-order valence-electron chi connectivity index (χ2n) is 13.6. The van der Waals surface area contributed by atoms with E-state index in [-0.39, 0.29) is 35.3 Å². The summed E-state index contributed by atoms with van der Waals surface area (Å²) in [6.07, 6.45) is 8.81. The summed E-state index contributed by atoms with van der Waals surface area (Å²) in [4.78, 5) is 41.6. The second-order valence-corrected chi connectivity index (χ2v) is 13.6. The van der Waals surface area contributed by atoms with E-state index in [4.69, 9.17) is 24.7 Å². The molecule has 53 heavy (non-hydrogen) atoms. The molecule has 1 saturated heterocycles. The van der Waals surface area contributed by atoms with Gasteiger partial charge in [-0.3, -0.25) is 14.6 Å². The van der Waals surface area contributed by atoms with Gasteiger partial charge in [0.2, 0.25) is 0 Å². The maximum absolute atomic E-state index is 12.1. The number of fused-ring (bicyclic) bond motifs is 1. The van der Waals surface area contributed by atoms with Crippen LogP contribution < -0.4 is 19.9 Å². The number of likely N-dealkylation sites (N-methyl/N-ethyl adjacent to an activating group) is 1. The Morgan fingerprint density at radius 2 is 1.64 bits per heavy atom. The van der Waals surface area contributed by atoms with Gasteiger partial charge < -0.3 is 29.6 Å². The molecule has 0 amide bonds. The molecule has 4 aromatic carbocycles. The Morgan fingerprint density at radius 3 is 2.34 bits per heavy atom. The molecule has 1 spiro atoms. The average Bonchev–Trinajstić information content (AvgIpc) is 3.51. The van der Waals surface area contributed by atoms with Crippen molar-refractivity contribution in [2.45, 2.75) is 50.4 Å². The van der Waals surface area contributed by atoms with Crippen molar-refractivity contribution in [3.05, 3.63) is 138 Å². The van der Waals surface area contributed by atoms with Crippen LogP contribution in [0.1, 0.15) is 41.8 Å². The molecule has 0 saturated carbocycles. The van der Waals surface area contributed by atoms with E-state index in [1.54, 1.807) is 42.7 Å². The summed E-state index contributed by atoms with van der Waals surface area (Å²) in [5.41, 5.74) is 8.89. The molecule has 1 aromatic heterocycles. The highest BCUT2D eigenvalue weighted by molar-refractivity contribution is 5.96. The van der Waals surface area contributed by atoms with Crippen LogP contribution in [0.3, 0.4) is 0 Å². The smallest absolute Gasteiger partial charge is 0.343 e. The summed E-state index contributed by atoms with van der Waals surface area (Å²) in [5.74, 6) is 0.772. The number of anilines is 1. The van der Waals surface area contributed by atoms with Crippen molar-refractivity contribution in [2.75, 3.05) is 19.3 Å². The number of carbonyl (C=O) groups is 3. The first kappa shape index (κ1) is 35.4. The highest BCUT2D eigenvalue weighted by atomic mass is 16.6. The predicted octanol–water partition coefficient (Wildman–Crippen LogP) is 6.71. The Labute approximate surface area is 308 Å². The van der Waals surface area contributed by atoms with Crippen molar-refractivity contribution in [1.29, 1.82) is 0 Å². The molecule has 0 unspecified atom stereocenters. The van der Waals surface area contributed by atoms with Gasteiger partial charge in [0.25, 0.3) is 0 Å². The van der Waals surface area contributed by atoms with Crippen LogP contribution in [0.15, 0.2) is 122 Å². The van der Waals surface area contributed by atoms with Gasteiger partial charge in [-0.05, 0) is 91.3 Å². The van der Waals surface area contributed by atoms with E-state index < -0.39 is 6.10 Å². The van der Waals surface area contributed by atoms with Crippen molar-refractivity contribution in [1.82, 2.24) is 9.88 Å². The Hall–Kier alpha value is -6.00. The monoisotopic (exact) mass is 711 g/mol. The lowest BCUT2D eigenvalue weighted by Gasteiger charge is -2.56. The fourth-order valence-electron chi connectivity index (χ4n) is 8.11. The van der Waals surface area contributed by atoms with Gasteiger partial charge in [-0.1, -0.05) is 54.6 Å². The maximum atomic E-state index is 12.1. The van der Waals surface area contributed by atoms with E-state index in [1.165, 1.54) is 19.4 Å². The molecular weight excluding hydrogens is 670 g/mol. The quantitative estimate of drug-likeness (QED) is 0.0929. The third-order valence-corrected chi connectivity index (χ3v) is 10.3. The standard InChI is InChI=1S/C21H23NO5.C17H13NO2.C5H5N/c1-11(23)25-16-6-4-13-10-15-14-5-7-17(26-12(2)24)20-21(14,8-9-22(15)3)18(13)19(16)27-20;18-15-6-3-7-16(11-15)20-17(19)14-9-8-12-4-1-2-5-13(12)10-14;1-2-4-6-5-3-1/h4-7,14-15,17,20H,8-10H2,1-3H3;1-11H,18H2;1-5H/t14-,15+,17-,20-,21-;;/m0../s1. The summed E-state index contributed by atoms with van der Waals surface area (Å²) >= 11 is 0. The minimum Gasteiger partial charge on any atom is -0.481 e. The van der Waals surface area contributed by atoms with Crippen LogP contribution in [-0.2, 0) is 26.2 Å². The number of carbonyl (C=O) groups excluding carboxylic acids is 3. The lowest BCUT2D eigenvalue weighted by atomic mass is 9.53. The van der Waals surface area contributed by atoms with Crippen LogP contribution in [0.5, 0.6) is 17.2 Å². The molecular formula is C43H41N3O7. The van der Waals surface area contributed by atoms with Gasteiger partial charge >= 0.3 is 17.9 Å². The number of nitrogens with zero attached hydrogens (tertiary/aromatic N) is 2. The van der Waals surface area contributed by atoms with Crippen LogP contribution in [0, 0.1) is 5.92 Å². The van der Waals surface area contributed by atoms with Crippen LogP contribution in [0.25, 0.3) is 10.8 Å². The number of esters is 3. The molecule has 10 heteroatoms. The molecule has 0 radical (unpaired) electrons. The topological polar surface area (TPSA) is 130 Å². The number of nitrogens with two attached hydrogens (primary N) is 1. The van der Waals surface area contributed by atoms with Crippen molar-refractivity contribution >= 4 is 34.4 Å². The molecule has 1 fully saturated rings. The molecule has 3 heterocycles. The molecule has 10 nitrogen and oxygen atoms in total. The molecule has 270 valence electrons. The Kier molecular flexibility index (Phi) is 9.97. The molecule has 5 aromatic rings. The lowest BCUT2D eigenvalue weighted by Crippen LogP contribution is -2.65. The van der Waals surface area contributed by atoms with Gasteiger partial charge in [-0.15, -0.1) is 0 Å². The fraction of sp³-hybridized carbons (Fsp3) is 0.256. The normalized spacial score (nSPS) is 22.8. The van der Waals surface area contributed by atoms with Crippen LogP contribution in [0.4, 0.5) is 5.69 Å². The fourth-order valence-corrected chi connectivity index (χ4v) is 8.11. The number of piperidine rings is 1. The zero-order valence-corrected chi connectivity index (χ0v) is 29.8.